The van der Waals surface area contributed by atoms with Crippen molar-refractivity contribution in [3.63, 3.8) is 0 Å². The minimum absolute atomic E-state index is 0.0680. The van der Waals surface area contributed by atoms with Gasteiger partial charge in [-0.2, -0.15) is 4.98 Å². The molecule has 2 aliphatic rings. The fraction of sp³-hybridized carbons (Fsp3) is 0.389. The molecule has 0 bridgehead atoms. The van der Waals surface area contributed by atoms with Crippen molar-refractivity contribution in [2.24, 2.45) is 5.92 Å². The van der Waals surface area contributed by atoms with Gasteiger partial charge in [0.25, 0.3) is 12.0 Å². The Kier molecular flexibility index (Phi) is 4.58. The van der Waals surface area contributed by atoms with Crippen LogP contribution in [-0.4, -0.2) is 32.6 Å². The number of aromatic nitrogens is 4. The van der Waals surface area contributed by atoms with Crippen molar-refractivity contribution in [1.82, 2.24) is 19.5 Å². The summed E-state index contributed by atoms with van der Waals surface area (Å²) in [5.41, 5.74) is -0.260. The van der Waals surface area contributed by atoms with Crippen LogP contribution < -0.4 is 11.2 Å². The summed E-state index contributed by atoms with van der Waals surface area (Å²) in [4.78, 5) is 45.1. The zero-order valence-corrected chi connectivity index (χ0v) is 14.9. The summed E-state index contributed by atoms with van der Waals surface area (Å²) in [5, 5.41) is 0. The molecule has 8 nitrogen and oxygen atoms in total. The maximum absolute atomic E-state index is 12.3. The summed E-state index contributed by atoms with van der Waals surface area (Å²) in [7, 11) is 0. The Labute approximate surface area is 149 Å². The van der Waals surface area contributed by atoms with Gasteiger partial charge in [-0.15, -0.1) is 0 Å². The van der Waals surface area contributed by atoms with Crippen LogP contribution in [0.2, 0.25) is 0 Å². The SMILES string of the molecule is CC(COC=O)CC(C)(C)n1c2nc(=O)[nH]c(=O)c-2nc2ccccc21. The highest BCUT2D eigenvalue weighted by Gasteiger charge is 2.30. The number of rotatable bonds is 6. The Morgan fingerprint density at radius 2 is 2.00 bits per heavy atom. The minimum Gasteiger partial charge on any atom is -0.468 e. The van der Waals surface area contributed by atoms with Gasteiger partial charge in [-0.05, 0) is 38.3 Å². The molecule has 0 fully saturated rings. The van der Waals surface area contributed by atoms with Crippen LogP contribution in [0.1, 0.15) is 27.2 Å². The first-order valence-corrected chi connectivity index (χ1v) is 8.31. The Morgan fingerprint density at radius 3 is 2.73 bits per heavy atom. The van der Waals surface area contributed by atoms with E-state index in [4.69, 9.17) is 4.74 Å². The Hall–Kier alpha value is -3.03. The molecule has 0 spiro atoms. The first kappa shape index (κ1) is 17.8. The number of fused-ring (bicyclic) bond motifs is 2. The molecule has 1 aromatic rings. The second-order valence-electron chi connectivity index (χ2n) is 7.03. The number of carbonyl (C=O) groups is 1. The number of carbonyl (C=O) groups excluding carboxylic acids is 1. The number of H-pyrrole nitrogens is 1. The molecule has 0 amide bonds. The Morgan fingerprint density at radius 1 is 1.27 bits per heavy atom. The van der Waals surface area contributed by atoms with Crippen molar-refractivity contribution in [2.75, 3.05) is 6.61 Å². The predicted molar refractivity (Wildman–Crippen MR) is 96.2 cm³/mol. The third kappa shape index (κ3) is 3.22. The van der Waals surface area contributed by atoms with E-state index in [0.29, 0.717) is 18.4 Å². The molecule has 136 valence electrons. The lowest BCUT2D eigenvalue weighted by Gasteiger charge is -2.34. The lowest BCUT2D eigenvalue weighted by atomic mass is 9.90. The smallest absolute Gasteiger partial charge is 0.349 e. The summed E-state index contributed by atoms with van der Waals surface area (Å²) in [5.74, 6) is 0.310. The molecule has 0 aliphatic carbocycles. The molecule has 0 saturated heterocycles. The topological polar surface area (TPSA) is 107 Å². The van der Waals surface area contributed by atoms with E-state index < -0.39 is 16.8 Å². The summed E-state index contributed by atoms with van der Waals surface area (Å²) in [6.45, 7) is 6.66. The standard InChI is InChI=1S/C18H20N4O4/c1-11(9-26-10-23)8-18(2,3)22-13-7-5-4-6-12(13)19-14-15(22)20-17(25)21-16(14)24/h4-7,10-11H,8-9H2,1-3H3,(H,21,24,25). The Balaban J connectivity index is 2.26. The number of nitrogens with one attached hydrogen (secondary N) is 1. The summed E-state index contributed by atoms with van der Waals surface area (Å²) in [6, 6.07) is 7.39. The molecule has 0 saturated carbocycles. The van der Waals surface area contributed by atoms with Crippen molar-refractivity contribution >= 4 is 17.5 Å². The number of para-hydroxylation sites is 2. The molecule has 1 unspecified atom stereocenters. The highest BCUT2D eigenvalue weighted by atomic mass is 16.5. The van der Waals surface area contributed by atoms with Gasteiger partial charge >= 0.3 is 5.69 Å². The maximum Gasteiger partial charge on any atom is 0.349 e. The molecular formula is C18H20N4O4. The molecular weight excluding hydrogens is 336 g/mol. The molecule has 2 aliphatic heterocycles. The van der Waals surface area contributed by atoms with E-state index in [9.17, 15) is 14.4 Å². The van der Waals surface area contributed by atoms with E-state index >= 15 is 0 Å². The molecule has 8 heteroatoms. The fourth-order valence-electron chi connectivity index (χ4n) is 3.49. The Bertz CT molecular complexity index is 1040. The third-order valence-electron chi connectivity index (χ3n) is 4.32. The van der Waals surface area contributed by atoms with Crippen LogP contribution in [0.4, 0.5) is 0 Å². The van der Waals surface area contributed by atoms with Crippen LogP contribution in [0, 0.1) is 5.92 Å². The number of hydrogen-bond donors (Lipinski definition) is 1. The zero-order chi connectivity index (χ0) is 18.9. The van der Waals surface area contributed by atoms with Crippen LogP contribution in [0.15, 0.2) is 33.9 Å². The second kappa shape index (κ2) is 6.70. The highest BCUT2D eigenvalue weighted by molar-refractivity contribution is 5.79. The average molecular weight is 356 g/mol. The molecule has 1 aromatic carbocycles. The first-order chi connectivity index (χ1) is 12.3. The van der Waals surface area contributed by atoms with Crippen LogP contribution >= 0.6 is 0 Å². The lowest BCUT2D eigenvalue weighted by molar-refractivity contribution is -0.130. The van der Waals surface area contributed by atoms with Gasteiger partial charge < -0.3 is 9.30 Å². The number of aromatic amines is 1. The second-order valence-corrected chi connectivity index (χ2v) is 7.03. The number of ether oxygens (including phenoxy) is 1. The molecule has 0 aromatic heterocycles. The summed E-state index contributed by atoms with van der Waals surface area (Å²) < 4.78 is 6.74. The summed E-state index contributed by atoms with van der Waals surface area (Å²) >= 11 is 0. The molecule has 1 atom stereocenters. The summed E-state index contributed by atoms with van der Waals surface area (Å²) in [6.07, 6.45) is 0.636. The largest absolute Gasteiger partial charge is 0.468 e. The van der Waals surface area contributed by atoms with Gasteiger partial charge in [0.05, 0.1) is 17.6 Å². The van der Waals surface area contributed by atoms with Gasteiger partial charge in [-0.25, -0.2) is 9.78 Å². The van der Waals surface area contributed by atoms with Crippen molar-refractivity contribution in [3.05, 3.63) is 45.1 Å². The van der Waals surface area contributed by atoms with Crippen molar-refractivity contribution in [1.29, 1.82) is 0 Å². The van der Waals surface area contributed by atoms with Crippen LogP contribution in [0.25, 0.3) is 22.6 Å². The van der Waals surface area contributed by atoms with Crippen molar-refractivity contribution < 1.29 is 9.53 Å². The van der Waals surface area contributed by atoms with Gasteiger partial charge in [0.2, 0.25) is 0 Å². The van der Waals surface area contributed by atoms with E-state index in [1.54, 1.807) is 0 Å². The van der Waals surface area contributed by atoms with Crippen molar-refractivity contribution in [3.8, 4) is 11.5 Å². The van der Waals surface area contributed by atoms with Gasteiger partial charge in [0, 0.05) is 5.54 Å². The van der Waals surface area contributed by atoms with Crippen LogP contribution in [0.5, 0.6) is 0 Å². The third-order valence-corrected chi connectivity index (χ3v) is 4.32. The fourth-order valence-corrected chi connectivity index (χ4v) is 3.49. The lowest BCUT2D eigenvalue weighted by Crippen LogP contribution is -2.36. The minimum atomic E-state index is -0.707. The van der Waals surface area contributed by atoms with Gasteiger partial charge in [-0.3, -0.25) is 14.6 Å². The van der Waals surface area contributed by atoms with Gasteiger partial charge in [0.1, 0.15) is 0 Å². The number of nitrogens with zero attached hydrogens (tertiary/aromatic N) is 3. The van der Waals surface area contributed by atoms with Gasteiger partial charge in [0.15, 0.2) is 11.5 Å². The monoisotopic (exact) mass is 356 g/mol. The number of benzene rings is 1. The van der Waals surface area contributed by atoms with Crippen LogP contribution in [-0.2, 0) is 15.1 Å². The quantitative estimate of drug-likeness (QED) is 0.530. The molecule has 1 N–H and O–H groups in total. The normalized spacial score (nSPS) is 13.0. The van der Waals surface area contributed by atoms with E-state index in [1.807, 2.05) is 49.6 Å². The van der Waals surface area contributed by atoms with E-state index in [0.717, 1.165) is 5.52 Å². The molecule has 3 rings (SSSR count). The van der Waals surface area contributed by atoms with Gasteiger partial charge in [-0.1, -0.05) is 19.1 Å². The van der Waals surface area contributed by atoms with E-state index in [1.165, 1.54) is 0 Å². The number of hydrogen-bond acceptors (Lipinski definition) is 6. The van der Waals surface area contributed by atoms with Crippen LogP contribution in [0.3, 0.4) is 0 Å². The molecule has 26 heavy (non-hydrogen) atoms. The van der Waals surface area contributed by atoms with Crippen molar-refractivity contribution in [2.45, 2.75) is 32.7 Å². The van der Waals surface area contributed by atoms with E-state index in [-0.39, 0.29) is 24.0 Å². The average Bonchev–Trinajstić information content (AvgIpc) is 2.57. The predicted octanol–water partition coefficient (Wildman–Crippen LogP) is 1.52. The first-order valence-electron chi connectivity index (χ1n) is 8.31. The molecule has 0 radical (unpaired) electrons. The maximum atomic E-state index is 12.3. The molecule has 2 heterocycles. The zero-order valence-electron chi connectivity index (χ0n) is 14.9. The highest BCUT2D eigenvalue weighted by Crippen LogP contribution is 2.32. The van der Waals surface area contributed by atoms with E-state index in [2.05, 4.69) is 15.0 Å².